The van der Waals surface area contributed by atoms with Crippen LogP contribution in [0.2, 0.25) is 0 Å². The minimum Gasteiger partial charge on any atom is -0.481 e. The second-order valence-electron chi connectivity index (χ2n) is 5.51. The number of aromatic nitrogens is 2. The molecule has 6 nitrogen and oxygen atoms in total. The van der Waals surface area contributed by atoms with Gasteiger partial charge in [0.1, 0.15) is 5.82 Å². The van der Waals surface area contributed by atoms with E-state index >= 15 is 0 Å². The molecule has 23 heavy (non-hydrogen) atoms. The van der Waals surface area contributed by atoms with E-state index in [9.17, 15) is 14.0 Å². The third-order valence-corrected chi connectivity index (χ3v) is 4.05. The number of halogens is 1. The Labute approximate surface area is 131 Å². The summed E-state index contributed by atoms with van der Waals surface area (Å²) in [6.45, 7) is 0.929. The molecular weight excluding hydrogens is 301 g/mol. The summed E-state index contributed by atoms with van der Waals surface area (Å²) in [4.78, 5) is 29.5. The summed E-state index contributed by atoms with van der Waals surface area (Å²) in [7, 11) is 0. The predicted octanol–water partition coefficient (Wildman–Crippen LogP) is 1.67. The number of carboxylic acid groups (broad SMARTS) is 1. The predicted molar refractivity (Wildman–Crippen MR) is 82.4 cm³/mol. The largest absolute Gasteiger partial charge is 0.481 e. The molecule has 0 radical (unpaired) electrons. The van der Waals surface area contributed by atoms with Gasteiger partial charge in [-0.05, 0) is 31.0 Å². The van der Waals surface area contributed by atoms with Gasteiger partial charge in [-0.1, -0.05) is 6.07 Å². The van der Waals surface area contributed by atoms with E-state index in [0.717, 1.165) is 0 Å². The minimum absolute atomic E-state index is 0.264. The summed E-state index contributed by atoms with van der Waals surface area (Å²) >= 11 is 0. The van der Waals surface area contributed by atoms with Gasteiger partial charge in [-0.15, -0.1) is 0 Å². The smallest absolute Gasteiger partial charge is 0.306 e. The fourth-order valence-corrected chi connectivity index (χ4v) is 2.79. The number of nitrogens with zero attached hydrogens (tertiary/aromatic N) is 3. The molecule has 0 unspecified atom stereocenters. The van der Waals surface area contributed by atoms with Crippen LogP contribution in [0.15, 0.2) is 41.5 Å². The van der Waals surface area contributed by atoms with Crippen molar-refractivity contribution in [2.45, 2.75) is 12.8 Å². The summed E-state index contributed by atoms with van der Waals surface area (Å²) in [6.07, 6.45) is 3.94. The number of aliphatic carboxylic acids is 1. The molecule has 1 aromatic carbocycles. The SMILES string of the molecule is O=C(O)C1CCN(c2nccn(-c3cccc(F)c3)c2=O)CC1. The van der Waals surface area contributed by atoms with Crippen molar-refractivity contribution in [1.82, 2.24) is 9.55 Å². The van der Waals surface area contributed by atoms with Crippen LogP contribution in [0.1, 0.15) is 12.8 Å². The van der Waals surface area contributed by atoms with Crippen LogP contribution in [-0.4, -0.2) is 33.7 Å². The second-order valence-corrected chi connectivity index (χ2v) is 5.51. The Balaban J connectivity index is 1.89. The summed E-state index contributed by atoms with van der Waals surface area (Å²) < 4.78 is 14.7. The van der Waals surface area contributed by atoms with Crippen LogP contribution in [0.4, 0.5) is 10.2 Å². The van der Waals surface area contributed by atoms with E-state index in [2.05, 4.69) is 4.98 Å². The highest BCUT2D eigenvalue weighted by Crippen LogP contribution is 2.20. The van der Waals surface area contributed by atoms with Crippen molar-refractivity contribution in [2.24, 2.45) is 5.92 Å². The molecule has 0 saturated carbocycles. The maximum Gasteiger partial charge on any atom is 0.306 e. The Hall–Kier alpha value is -2.70. The van der Waals surface area contributed by atoms with Gasteiger partial charge in [-0.3, -0.25) is 14.2 Å². The van der Waals surface area contributed by atoms with E-state index in [0.29, 0.717) is 31.6 Å². The Kier molecular flexibility index (Phi) is 4.10. The molecule has 1 aromatic heterocycles. The Bertz CT molecular complexity index is 782. The van der Waals surface area contributed by atoms with E-state index in [1.807, 2.05) is 0 Å². The summed E-state index contributed by atoms with van der Waals surface area (Å²) in [5.74, 6) is -1.33. The standard InChI is InChI=1S/C16H16FN3O3/c17-12-2-1-3-13(10-12)20-9-6-18-14(15(20)21)19-7-4-11(5-8-19)16(22)23/h1-3,6,9-11H,4-5,7-8H2,(H,22,23). The van der Waals surface area contributed by atoms with E-state index in [1.54, 1.807) is 11.0 Å². The van der Waals surface area contributed by atoms with Gasteiger partial charge in [-0.2, -0.15) is 0 Å². The topological polar surface area (TPSA) is 75.4 Å². The summed E-state index contributed by atoms with van der Waals surface area (Å²) in [5.41, 5.74) is 0.0888. The number of hydrogen-bond donors (Lipinski definition) is 1. The maximum absolute atomic E-state index is 13.4. The first-order valence-corrected chi connectivity index (χ1v) is 7.37. The molecule has 0 atom stereocenters. The Morgan fingerprint density at radius 2 is 2.04 bits per heavy atom. The van der Waals surface area contributed by atoms with Crippen molar-refractivity contribution >= 4 is 11.8 Å². The molecule has 0 aliphatic carbocycles. The van der Waals surface area contributed by atoms with E-state index < -0.39 is 11.8 Å². The lowest BCUT2D eigenvalue weighted by Gasteiger charge is -2.30. The van der Waals surface area contributed by atoms with Crippen molar-refractivity contribution < 1.29 is 14.3 Å². The molecular formula is C16H16FN3O3. The summed E-state index contributed by atoms with van der Waals surface area (Å²) in [5, 5.41) is 9.03. The van der Waals surface area contributed by atoms with E-state index in [1.165, 1.54) is 35.2 Å². The van der Waals surface area contributed by atoms with Crippen LogP contribution >= 0.6 is 0 Å². The number of piperidine rings is 1. The maximum atomic E-state index is 13.4. The molecule has 1 aliphatic rings. The van der Waals surface area contributed by atoms with Gasteiger partial charge in [-0.25, -0.2) is 9.37 Å². The molecule has 1 saturated heterocycles. The third-order valence-electron chi connectivity index (χ3n) is 4.05. The lowest BCUT2D eigenvalue weighted by molar-refractivity contribution is -0.142. The average molecular weight is 317 g/mol. The first kappa shape index (κ1) is 15.2. The van der Waals surface area contributed by atoms with Crippen molar-refractivity contribution in [1.29, 1.82) is 0 Å². The highest BCUT2D eigenvalue weighted by atomic mass is 19.1. The first-order valence-electron chi connectivity index (χ1n) is 7.37. The third kappa shape index (κ3) is 3.08. The Morgan fingerprint density at radius 3 is 2.70 bits per heavy atom. The van der Waals surface area contributed by atoms with Gasteiger partial charge >= 0.3 is 5.97 Å². The number of hydrogen-bond acceptors (Lipinski definition) is 4. The summed E-state index contributed by atoms with van der Waals surface area (Å²) in [6, 6.07) is 5.77. The molecule has 1 aliphatic heterocycles. The van der Waals surface area contributed by atoms with Crippen LogP contribution in [-0.2, 0) is 4.79 Å². The van der Waals surface area contributed by atoms with Gasteiger partial charge in [0.05, 0.1) is 11.6 Å². The second kappa shape index (κ2) is 6.20. The molecule has 120 valence electrons. The lowest BCUT2D eigenvalue weighted by atomic mass is 9.97. The number of carbonyl (C=O) groups is 1. The number of carboxylic acids is 1. The van der Waals surface area contributed by atoms with Crippen LogP contribution in [0.5, 0.6) is 0 Å². The molecule has 0 bridgehead atoms. The van der Waals surface area contributed by atoms with Gasteiger partial charge in [0.2, 0.25) is 0 Å². The van der Waals surface area contributed by atoms with Crippen LogP contribution in [0.3, 0.4) is 0 Å². The normalized spacial score (nSPS) is 15.6. The fourth-order valence-electron chi connectivity index (χ4n) is 2.79. The number of anilines is 1. The molecule has 3 rings (SSSR count). The fraction of sp³-hybridized carbons (Fsp3) is 0.312. The minimum atomic E-state index is -0.803. The van der Waals surface area contributed by atoms with Gasteiger partial charge in [0.15, 0.2) is 5.82 Å². The first-order chi connectivity index (χ1) is 11.1. The molecule has 7 heteroatoms. The lowest BCUT2D eigenvalue weighted by Crippen LogP contribution is -2.40. The zero-order chi connectivity index (χ0) is 16.4. The highest BCUT2D eigenvalue weighted by Gasteiger charge is 2.26. The molecule has 1 N–H and O–H groups in total. The Morgan fingerprint density at radius 1 is 1.30 bits per heavy atom. The van der Waals surface area contributed by atoms with Crippen molar-refractivity contribution in [3.05, 3.63) is 52.8 Å². The molecule has 0 spiro atoms. The quantitative estimate of drug-likeness (QED) is 0.932. The monoisotopic (exact) mass is 317 g/mol. The zero-order valence-electron chi connectivity index (χ0n) is 12.4. The van der Waals surface area contributed by atoms with Gasteiger partial charge in [0.25, 0.3) is 5.56 Å². The molecule has 2 aromatic rings. The highest BCUT2D eigenvalue weighted by molar-refractivity contribution is 5.70. The number of rotatable bonds is 3. The molecule has 1 fully saturated rings. The van der Waals surface area contributed by atoms with Gasteiger partial charge < -0.3 is 10.0 Å². The van der Waals surface area contributed by atoms with Crippen LogP contribution < -0.4 is 10.5 Å². The molecule has 2 heterocycles. The van der Waals surface area contributed by atoms with Gasteiger partial charge in [0, 0.05) is 25.5 Å². The number of benzene rings is 1. The zero-order valence-corrected chi connectivity index (χ0v) is 12.4. The van der Waals surface area contributed by atoms with Crippen molar-refractivity contribution in [3.8, 4) is 5.69 Å². The van der Waals surface area contributed by atoms with Crippen LogP contribution in [0.25, 0.3) is 5.69 Å². The van der Waals surface area contributed by atoms with E-state index in [4.69, 9.17) is 5.11 Å². The average Bonchev–Trinajstić information content (AvgIpc) is 2.55. The van der Waals surface area contributed by atoms with Crippen molar-refractivity contribution in [3.63, 3.8) is 0 Å². The van der Waals surface area contributed by atoms with E-state index in [-0.39, 0.29) is 17.3 Å². The van der Waals surface area contributed by atoms with Crippen molar-refractivity contribution in [2.75, 3.05) is 18.0 Å². The molecule has 0 amide bonds. The van der Waals surface area contributed by atoms with Crippen LogP contribution in [0, 0.1) is 11.7 Å².